The van der Waals surface area contributed by atoms with Crippen LogP contribution in [0.1, 0.15) is 59.5 Å². The minimum atomic E-state index is -0.241. The molecule has 0 spiro atoms. The fourth-order valence-corrected chi connectivity index (χ4v) is 6.76. The highest BCUT2D eigenvalue weighted by Gasteiger charge is 2.44. The van der Waals surface area contributed by atoms with Gasteiger partial charge in [-0.05, 0) is 78.6 Å². The molecular formula is C33H35NO5. The van der Waals surface area contributed by atoms with E-state index in [-0.39, 0.29) is 35.8 Å². The van der Waals surface area contributed by atoms with Crippen molar-refractivity contribution < 1.29 is 23.8 Å². The average molecular weight is 526 g/mol. The smallest absolute Gasteiger partial charge is 0.410 e. The number of carbonyl (C=O) groups is 2. The van der Waals surface area contributed by atoms with Gasteiger partial charge in [-0.3, -0.25) is 4.79 Å². The van der Waals surface area contributed by atoms with E-state index in [2.05, 4.69) is 36.4 Å². The molecule has 2 heterocycles. The molecule has 6 heteroatoms. The molecule has 2 bridgehead atoms. The number of hydrogen-bond donors (Lipinski definition) is 0. The maximum atomic E-state index is 13.5. The van der Waals surface area contributed by atoms with Crippen molar-refractivity contribution in [3.8, 4) is 16.9 Å². The van der Waals surface area contributed by atoms with E-state index in [4.69, 9.17) is 14.2 Å². The largest absolute Gasteiger partial charge is 0.491 e. The molecule has 39 heavy (non-hydrogen) atoms. The van der Waals surface area contributed by atoms with Crippen LogP contribution < -0.4 is 4.74 Å². The van der Waals surface area contributed by atoms with Crippen molar-refractivity contribution in [2.24, 2.45) is 5.92 Å². The molecule has 1 amide bonds. The number of nitrogens with zero attached hydrogens (tertiary/aromatic N) is 1. The summed E-state index contributed by atoms with van der Waals surface area (Å²) in [7, 11) is 1.64. The molecule has 1 aliphatic carbocycles. The van der Waals surface area contributed by atoms with Crippen LogP contribution in [-0.4, -0.2) is 55.8 Å². The van der Waals surface area contributed by atoms with Gasteiger partial charge in [0.25, 0.3) is 0 Å². The van der Waals surface area contributed by atoms with Gasteiger partial charge in [0, 0.05) is 36.6 Å². The molecule has 6 rings (SSSR count). The highest BCUT2D eigenvalue weighted by molar-refractivity contribution is 5.98. The van der Waals surface area contributed by atoms with Crippen LogP contribution in [0.4, 0.5) is 4.79 Å². The summed E-state index contributed by atoms with van der Waals surface area (Å²) in [5.41, 5.74) is 5.57. The Balaban J connectivity index is 1.10. The zero-order valence-corrected chi connectivity index (χ0v) is 22.4. The summed E-state index contributed by atoms with van der Waals surface area (Å²) in [6.45, 7) is 1.32. The van der Waals surface area contributed by atoms with Gasteiger partial charge in [0.05, 0.1) is 6.61 Å². The fourth-order valence-electron chi connectivity index (χ4n) is 6.76. The fraction of sp³-hybridized carbons (Fsp3) is 0.394. The second-order valence-electron chi connectivity index (χ2n) is 10.8. The zero-order chi connectivity index (χ0) is 26.8. The molecule has 2 unspecified atom stereocenters. The predicted molar refractivity (Wildman–Crippen MR) is 149 cm³/mol. The van der Waals surface area contributed by atoms with E-state index >= 15 is 0 Å². The zero-order valence-electron chi connectivity index (χ0n) is 22.4. The van der Waals surface area contributed by atoms with E-state index in [0.717, 1.165) is 25.0 Å². The lowest BCUT2D eigenvalue weighted by molar-refractivity contribution is 0.00651. The Morgan fingerprint density at radius 2 is 1.44 bits per heavy atom. The standard InChI is InChI=1S/C33H35NO5/c1-37-17-18-38-26-15-13-22(14-16-26)32(35)23-19-24-7-6-8-25(20-23)34(24)33(36)39-21-31-29-11-4-2-9-27(29)28-10-3-5-12-30(28)31/h2-5,9-16,23-25,31H,6-8,17-21H2,1H3. The van der Waals surface area contributed by atoms with E-state index in [1.54, 1.807) is 7.11 Å². The highest BCUT2D eigenvalue weighted by atomic mass is 16.6. The second kappa shape index (κ2) is 11.2. The molecule has 0 N–H and O–H groups in total. The van der Waals surface area contributed by atoms with Crippen LogP contribution in [0, 0.1) is 5.92 Å². The molecule has 2 saturated heterocycles. The lowest BCUT2D eigenvalue weighted by Gasteiger charge is -2.47. The van der Waals surface area contributed by atoms with Gasteiger partial charge in [0.1, 0.15) is 19.0 Å². The third-order valence-electron chi connectivity index (χ3n) is 8.59. The normalized spacial score (nSPS) is 21.7. The van der Waals surface area contributed by atoms with Crippen molar-refractivity contribution in [1.82, 2.24) is 4.90 Å². The number of ether oxygens (including phenoxy) is 3. The first-order valence-electron chi connectivity index (χ1n) is 14.0. The number of Topliss-reactive ketones (excluding diaryl/α,β-unsaturated/α-hetero) is 1. The van der Waals surface area contributed by atoms with E-state index < -0.39 is 0 Å². The summed E-state index contributed by atoms with van der Waals surface area (Å²) < 4.78 is 16.7. The summed E-state index contributed by atoms with van der Waals surface area (Å²) in [6, 6.07) is 24.2. The Bertz CT molecular complexity index is 1280. The number of hydrogen-bond acceptors (Lipinski definition) is 5. The van der Waals surface area contributed by atoms with Crippen LogP contribution in [0.2, 0.25) is 0 Å². The number of carbonyl (C=O) groups excluding carboxylic acids is 2. The molecule has 2 atom stereocenters. The van der Waals surface area contributed by atoms with Crippen LogP contribution >= 0.6 is 0 Å². The van der Waals surface area contributed by atoms with E-state index in [9.17, 15) is 9.59 Å². The molecule has 2 fully saturated rings. The van der Waals surface area contributed by atoms with Crippen LogP contribution in [-0.2, 0) is 9.47 Å². The third kappa shape index (κ3) is 5.06. The molecule has 202 valence electrons. The highest BCUT2D eigenvalue weighted by Crippen LogP contribution is 2.45. The van der Waals surface area contributed by atoms with Gasteiger partial charge >= 0.3 is 6.09 Å². The lowest BCUT2D eigenvalue weighted by atomic mass is 9.76. The monoisotopic (exact) mass is 525 g/mol. The molecular weight excluding hydrogens is 490 g/mol. The molecule has 3 aromatic carbocycles. The van der Waals surface area contributed by atoms with E-state index in [1.807, 2.05) is 41.3 Å². The van der Waals surface area contributed by atoms with Crippen LogP contribution in [0.25, 0.3) is 11.1 Å². The maximum Gasteiger partial charge on any atom is 0.410 e. The summed E-state index contributed by atoms with van der Waals surface area (Å²) in [4.78, 5) is 28.8. The number of ketones is 1. The van der Waals surface area contributed by atoms with Crippen LogP contribution in [0.3, 0.4) is 0 Å². The minimum Gasteiger partial charge on any atom is -0.491 e. The molecule has 6 nitrogen and oxygen atoms in total. The van der Waals surface area contributed by atoms with Crippen molar-refractivity contribution in [2.75, 3.05) is 26.9 Å². The van der Waals surface area contributed by atoms with E-state index in [1.165, 1.54) is 22.3 Å². The first-order valence-corrected chi connectivity index (χ1v) is 14.0. The first-order chi connectivity index (χ1) is 19.1. The topological polar surface area (TPSA) is 65.1 Å². The number of piperidine rings is 2. The molecule has 3 aliphatic rings. The van der Waals surface area contributed by atoms with Gasteiger partial charge in [-0.25, -0.2) is 4.79 Å². The Morgan fingerprint density at radius 1 is 0.821 bits per heavy atom. The summed E-state index contributed by atoms with van der Waals surface area (Å²) in [5.74, 6) is 0.841. The molecule has 2 aliphatic heterocycles. The summed E-state index contributed by atoms with van der Waals surface area (Å²) >= 11 is 0. The first kappa shape index (κ1) is 25.6. The van der Waals surface area contributed by atoms with Crippen LogP contribution in [0.15, 0.2) is 72.8 Å². The number of methoxy groups -OCH3 is 1. The molecule has 0 aromatic heterocycles. The Morgan fingerprint density at radius 3 is 2.05 bits per heavy atom. The summed E-state index contributed by atoms with van der Waals surface area (Å²) in [6.07, 6.45) is 4.04. The van der Waals surface area contributed by atoms with Crippen molar-refractivity contribution in [3.63, 3.8) is 0 Å². The van der Waals surface area contributed by atoms with Crippen molar-refractivity contribution >= 4 is 11.9 Å². The molecule has 3 aromatic rings. The minimum absolute atomic E-state index is 0.0405. The quantitative estimate of drug-likeness (QED) is 0.249. The molecule has 0 saturated carbocycles. The van der Waals surface area contributed by atoms with Gasteiger partial charge in [0.15, 0.2) is 5.78 Å². The Kier molecular flexibility index (Phi) is 7.38. The van der Waals surface area contributed by atoms with Gasteiger partial charge in [0.2, 0.25) is 0 Å². The van der Waals surface area contributed by atoms with Crippen molar-refractivity contribution in [1.29, 1.82) is 0 Å². The third-order valence-corrected chi connectivity index (χ3v) is 8.59. The van der Waals surface area contributed by atoms with E-state index in [0.29, 0.717) is 38.2 Å². The number of fused-ring (bicyclic) bond motifs is 5. The van der Waals surface area contributed by atoms with Gasteiger partial charge in [-0.2, -0.15) is 0 Å². The van der Waals surface area contributed by atoms with Crippen LogP contribution in [0.5, 0.6) is 5.75 Å². The van der Waals surface area contributed by atoms with Crippen molar-refractivity contribution in [3.05, 3.63) is 89.5 Å². The van der Waals surface area contributed by atoms with Crippen molar-refractivity contribution in [2.45, 2.75) is 50.1 Å². The molecule has 0 radical (unpaired) electrons. The second-order valence-corrected chi connectivity index (χ2v) is 10.8. The Hall–Kier alpha value is -3.64. The summed E-state index contributed by atoms with van der Waals surface area (Å²) in [5, 5.41) is 0. The number of amides is 1. The number of rotatable bonds is 8. The Labute approximate surface area is 229 Å². The lowest BCUT2D eigenvalue weighted by Crippen LogP contribution is -2.55. The predicted octanol–water partition coefficient (Wildman–Crippen LogP) is 6.48. The van der Waals surface area contributed by atoms with Gasteiger partial charge in [-0.1, -0.05) is 48.5 Å². The average Bonchev–Trinajstić information content (AvgIpc) is 3.29. The number of benzene rings is 3. The van der Waals surface area contributed by atoms with Gasteiger partial charge in [-0.15, -0.1) is 0 Å². The van der Waals surface area contributed by atoms with Gasteiger partial charge < -0.3 is 19.1 Å². The maximum absolute atomic E-state index is 13.5. The SMILES string of the molecule is COCCOc1ccc(C(=O)C2CC3CCCC(C2)N3C(=O)OCC2c3ccccc3-c3ccccc32)cc1.